The first kappa shape index (κ1) is 15.5. The number of hydrogen-bond donors (Lipinski definition) is 2. The smallest absolute Gasteiger partial charge is 0.276 e. The van der Waals surface area contributed by atoms with Crippen LogP contribution in [-0.4, -0.2) is 25.3 Å². The van der Waals surface area contributed by atoms with Crippen molar-refractivity contribution in [3.05, 3.63) is 29.8 Å². The monoisotopic (exact) mass is 322 g/mol. The number of nitrogens with zero attached hydrogens (tertiary/aromatic N) is 1. The van der Waals surface area contributed by atoms with E-state index in [1.807, 2.05) is 6.92 Å². The second-order valence-electron chi connectivity index (χ2n) is 7.00. The molecule has 0 saturated heterocycles. The van der Waals surface area contributed by atoms with Gasteiger partial charge in [0.1, 0.15) is 0 Å². The zero-order valence-electron chi connectivity index (χ0n) is 13.1. The molecule has 0 unspecified atom stereocenters. The SMILES string of the molecule is Cc1ccc(S(=O)(=O)N/N=C2/C[C@@H]3[C@H](C[C@H]2O)C3(C)C)cc1. The summed E-state index contributed by atoms with van der Waals surface area (Å²) in [6.07, 6.45) is 0.682. The second kappa shape index (κ2) is 5.06. The summed E-state index contributed by atoms with van der Waals surface area (Å²) >= 11 is 0. The lowest BCUT2D eigenvalue weighted by atomic mass is 9.96. The van der Waals surface area contributed by atoms with E-state index < -0.39 is 16.1 Å². The van der Waals surface area contributed by atoms with Gasteiger partial charge in [0.2, 0.25) is 0 Å². The Bertz CT molecular complexity index is 707. The zero-order valence-corrected chi connectivity index (χ0v) is 13.9. The van der Waals surface area contributed by atoms with Crippen molar-refractivity contribution >= 4 is 15.7 Å². The summed E-state index contributed by atoms with van der Waals surface area (Å²) in [4.78, 5) is 2.44. The van der Waals surface area contributed by atoms with Gasteiger partial charge in [-0.25, -0.2) is 4.83 Å². The first-order valence-corrected chi connectivity index (χ1v) is 9.03. The van der Waals surface area contributed by atoms with Gasteiger partial charge in [-0.15, -0.1) is 0 Å². The average Bonchev–Trinajstić information content (AvgIpc) is 2.97. The van der Waals surface area contributed by atoms with Gasteiger partial charge in [-0.2, -0.15) is 13.5 Å². The summed E-state index contributed by atoms with van der Waals surface area (Å²) in [5.74, 6) is 1.02. The normalized spacial score (nSPS) is 31.6. The minimum absolute atomic E-state index is 0.178. The number of hydrogen-bond acceptors (Lipinski definition) is 4. The molecule has 0 spiro atoms. The van der Waals surface area contributed by atoms with Gasteiger partial charge < -0.3 is 5.11 Å². The standard InChI is InChI=1S/C16H22N2O3S/c1-10-4-6-11(7-5-10)22(20,21)18-17-14-8-12-13(9-15(14)19)16(12,2)3/h4-7,12-13,15,18-19H,8-9H2,1-3H3/b17-14-/t12-,13+,15-/m1/s1. The molecule has 22 heavy (non-hydrogen) atoms. The maximum absolute atomic E-state index is 12.2. The Morgan fingerprint density at radius 2 is 1.86 bits per heavy atom. The number of sulfonamides is 1. The number of benzene rings is 1. The fourth-order valence-electron chi connectivity index (χ4n) is 3.48. The molecule has 2 aliphatic carbocycles. The lowest BCUT2D eigenvalue weighted by molar-refractivity contribution is 0.206. The third kappa shape index (κ3) is 2.65. The number of nitrogens with one attached hydrogen (secondary N) is 1. The van der Waals surface area contributed by atoms with Crippen molar-refractivity contribution in [3.8, 4) is 0 Å². The second-order valence-corrected chi connectivity index (χ2v) is 8.66. The number of rotatable bonds is 3. The number of aliphatic hydroxyl groups excluding tert-OH is 1. The van der Waals surface area contributed by atoms with Crippen LogP contribution in [0, 0.1) is 24.2 Å². The molecule has 0 bridgehead atoms. The lowest BCUT2D eigenvalue weighted by Crippen LogP contribution is -2.30. The first-order valence-electron chi connectivity index (χ1n) is 7.55. The highest BCUT2D eigenvalue weighted by Gasteiger charge is 2.60. The molecule has 0 aromatic heterocycles. The van der Waals surface area contributed by atoms with E-state index >= 15 is 0 Å². The van der Waals surface area contributed by atoms with E-state index in [9.17, 15) is 13.5 Å². The van der Waals surface area contributed by atoms with E-state index in [0.29, 0.717) is 30.4 Å². The van der Waals surface area contributed by atoms with Crippen molar-refractivity contribution in [2.45, 2.75) is 44.6 Å². The molecule has 3 atom stereocenters. The minimum atomic E-state index is -3.68. The van der Waals surface area contributed by atoms with Crippen LogP contribution in [0.4, 0.5) is 0 Å². The van der Waals surface area contributed by atoms with Gasteiger partial charge >= 0.3 is 0 Å². The van der Waals surface area contributed by atoms with Crippen LogP contribution in [0.3, 0.4) is 0 Å². The van der Waals surface area contributed by atoms with Crippen LogP contribution in [-0.2, 0) is 10.0 Å². The van der Waals surface area contributed by atoms with E-state index in [1.165, 1.54) is 0 Å². The Labute approximate surface area is 131 Å². The van der Waals surface area contributed by atoms with Crippen molar-refractivity contribution in [1.82, 2.24) is 4.83 Å². The van der Waals surface area contributed by atoms with E-state index in [-0.39, 0.29) is 10.3 Å². The van der Waals surface area contributed by atoms with Gasteiger partial charge in [0, 0.05) is 0 Å². The van der Waals surface area contributed by atoms with Crippen LogP contribution < -0.4 is 4.83 Å². The lowest BCUT2D eigenvalue weighted by Gasteiger charge is -2.18. The summed E-state index contributed by atoms with van der Waals surface area (Å²) < 4.78 is 24.4. The van der Waals surface area contributed by atoms with Crippen molar-refractivity contribution in [1.29, 1.82) is 0 Å². The third-order valence-electron chi connectivity index (χ3n) is 5.22. The van der Waals surface area contributed by atoms with Crippen molar-refractivity contribution < 1.29 is 13.5 Å². The Morgan fingerprint density at radius 3 is 2.50 bits per heavy atom. The maximum Gasteiger partial charge on any atom is 0.276 e. The highest BCUT2D eigenvalue weighted by Crippen LogP contribution is 2.64. The molecule has 2 fully saturated rings. The molecule has 0 amide bonds. The molecule has 0 aliphatic heterocycles. The van der Waals surface area contributed by atoms with Crippen LogP contribution in [0.2, 0.25) is 0 Å². The molecule has 2 saturated carbocycles. The van der Waals surface area contributed by atoms with E-state index in [1.54, 1.807) is 24.3 Å². The quantitative estimate of drug-likeness (QED) is 0.836. The van der Waals surface area contributed by atoms with Crippen molar-refractivity contribution in [2.75, 3.05) is 0 Å². The zero-order chi connectivity index (χ0) is 16.1. The Hall–Kier alpha value is -1.40. The van der Waals surface area contributed by atoms with Gasteiger partial charge in [-0.3, -0.25) is 0 Å². The molecular weight excluding hydrogens is 300 g/mol. The molecule has 3 rings (SSSR count). The minimum Gasteiger partial charge on any atom is -0.387 e. The molecular formula is C16H22N2O3S. The van der Waals surface area contributed by atoms with Gasteiger partial charge in [-0.1, -0.05) is 31.5 Å². The number of aliphatic hydroxyl groups is 1. The summed E-state index contributed by atoms with van der Waals surface area (Å²) in [5, 5.41) is 14.1. The van der Waals surface area contributed by atoms with Crippen LogP contribution in [0.15, 0.2) is 34.3 Å². The Kier molecular flexibility index (Phi) is 3.57. The van der Waals surface area contributed by atoms with Crippen molar-refractivity contribution in [2.24, 2.45) is 22.4 Å². The predicted molar refractivity (Wildman–Crippen MR) is 84.9 cm³/mol. The van der Waals surface area contributed by atoms with E-state index in [0.717, 1.165) is 5.56 Å². The number of aryl methyl sites for hydroxylation is 1. The van der Waals surface area contributed by atoms with E-state index in [2.05, 4.69) is 23.8 Å². The maximum atomic E-state index is 12.2. The average molecular weight is 322 g/mol. The van der Waals surface area contributed by atoms with Gasteiger partial charge in [0.15, 0.2) is 0 Å². The summed E-state index contributed by atoms with van der Waals surface area (Å²) in [6.45, 7) is 6.28. The molecule has 0 heterocycles. The molecule has 1 aromatic carbocycles. The topological polar surface area (TPSA) is 78.8 Å². The fraction of sp³-hybridized carbons (Fsp3) is 0.562. The molecule has 5 nitrogen and oxygen atoms in total. The van der Waals surface area contributed by atoms with Gasteiger partial charge in [0.25, 0.3) is 10.0 Å². The highest BCUT2D eigenvalue weighted by molar-refractivity contribution is 7.89. The Balaban J connectivity index is 1.74. The van der Waals surface area contributed by atoms with E-state index in [4.69, 9.17) is 0 Å². The largest absolute Gasteiger partial charge is 0.387 e. The highest BCUT2D eigenvalue weighted by atomic mass is 32.2. The van der Waals surface area contributed by atoms with Crippen LogP contribution in [0.25, 0.3) is 0 Å². The first-order chi connectivity index (χ1) is 10.2. The summed E-state index contributed by atoms with van der Waals surface area (Å²) in [5.41, 5.74) is 1.77. The van der Waals surface area contributed by atoms with Crippen LogP contribution >= 0.6 is 0 Å². The van der Waals surface area contributed by atoms with Gasteiger partial charge in [-0.05, 0) is 49.1 Å². The van der Waals surface area contributed by atoms with Crippen LogP contribution in [0.5, 0.6) is 0 Å². The van der Waals surface area contributed by atoms with Crippen LogP contribution in [0.1, 0.15) is 32.3 Å². The molecule has 120 valence electrons. The molecule has 0 radical (unpaired) electrons. The number of hydrazone groups is 1. The van der Waals surface area contributed by atoms with Gasteiger partial charge in [0.05, 0.1) is 16.7 Å². The fourth-order valence-corrected chi connectivity index (χ4v) is 4.31. The summed E-state index contributed by atoms with van der Waals surface area (Å²) in [6, 6.07) is 6.59. The summed E-state index contributed by atoms with van der Waals surface area (Å²) in [7, 11) is -3.68. The van der Waals surface area contributed by atoms with Crippen molar-refractivity contribution in [3.63, 3.8) is 0 Å². The molecule has 2 aliphatic rings. The molecule has 6 heteroatoms. The predicted octanol–water partition coefficient (Wildman–Crippen LogP) is 2.06. The molecule has 2 N–H and O–H groups in total. The number of fused-ring (bicyclic) bond motifs is 1. The Morgan fingerprint density at radius 1 is 1.23 bits per heavy atom. The molecule has 1 aromatic rings. The third-order valence-corrected chi connectivity index (χ3v) is 6.44.